The van der Waals surface area contributed by atoms with Crippen LogP contribution in [0.1, 0.15) is 62.9 Å². The van der Waals surface area contributed by atoms with Crippen molar-refractivity contribution in [2.45, 2.75) is 65.0 Å². The predicted molar refractivity (Wildman–Crippen MR) is 140 cm³/mol. The number of methoxy groups -OCH3 is 1. The van der Waals surface area contributed by atoms with Crippen LogP contribution in [0, 0.1) is 13.8 Å². The van der Waals surface area contributed by atoms with Gasteiger partial charge in [0.05, 0.1) is 13.2 Å². The van der Waals surface area contributed by atoms with Crippen molar-refractivity contribution in [2.75, 3.05) is 11.8 Å². The van der Waals surface area contributed by atoms with Crippen LogP contribution in [0.25, 0.3) is 11.5 Å². The molecule has 0 radical (unpaired) electrons. The average molecular weight is 558 g/mol. The Labute approximate surface area is 226 Å². The summed E-state index contributed by atoms with van der Waals surface area (Å²) < 4.78 is 48.1. The van der Waals surface area contributed by atoms with E-state index in [-0.39, 0.29) is 29.6 Å². The lowest BCUT2D eigenvalue weighted by Crippen LogP contribution is -2.35. The summed E-state index contributed by atoms with van der Waals surface area (Å²) in [5, 5.41) is 11.1. The van der Waals surface area contributed by atoms with Gasteiger partial charge >= 0.3 is 0 Å². The number of aromatic nitrogens is 8. The van der Waals surface area contributed by atoms with Crippen molar-refractivity contribution in [2.24, 2.45) is 0 Å². The molecular formula is C24H31N9O5S. The van der Waals surface area contributed by atoms with Crippen LogP contribution >= 0.6 is 0 Å². The number of nitrogens with zero attached hydrogens (tertiary/aromatic N) is 8. The van der Waals surface area contributed by atoms with Crippen LogP contribution in [0.4, 0.5) is 5.95 Å². The maximum Gasteiger partial charge on any atom is 0.249 e. The Kier molecular flexibility index (Phi) is 8.20. The quantitative estimate of drug-likeness (QED) is 0.286. The number of aryl methyl sites for hydroxylation is 2. The van der Waals surface area contributed by atoms with Crippen molar-refractivity contribution in [3.05, 3.63) is 53.7 Å². The van der Waals surface area contributed by atoms with E-state index in [1.165, 1.54) is 18.6 Å². The van der Waals surface area contributed by atoms with Crippen LogP contribution in [0.5, 0.6) is 5.88 Å². The van der Waals surface area contributed by atoms with Crippen molar-refractivity contribution in [3.63, 3.8) is 0 Å². The molecule has 208 valence electrons. The van der Waals surface area contributed by atoms with Crippen molar-refractivity contribution >= 4 is 16.0 Å². The maximum atomic E-state index is 13.7. The fraction of sp³-hybridized carbons (Fsp3) is 0.458. The predicted octanol–water partition coefficient (Wildman–Crippen LogP) is 3.04. The summed E-state index contributed by atoms with van der Waals surface area (Å²) in [4.78, 5) is 17.4. The Morgan fingerprint density at radius 2 is 1.74 bits per heavy atom. The van der Waals surface area contributed by atoms with Gasteiger partial charge in [-0.3, -0.25) is 9.29 Å². The van der Waals surface area contributed by atoms with E-state index in [2.05, 4.69) is 40.0 Å². The molecule has 0 spiro atoms. The minimum absolute atomic E-state index is 0.0713. The monoisotopic (exact) mass is 557 g/mol. The van der Waals surface area contributed by atoms with Gasteiger partial charge in [0, 0.05) is 18.5 Å². The van der Waals surface area contributed by atoms with Gasteiger partial charge in [0.1, 0.15) is 23.1 Å². The first-order chi connectivity index (χ1) is 18.5. The highest BCUT2D eigenvalue weighted by molar-refractivity contribution is 7.93. The number of nitrogens with one attached hydrogen (secondary N) is 1. The summed E-state index contributed by atoms with van der Waals surface area (Å²) in [5.41, 5.74) is 1.24. The van der Waals surface area contributed by atoms with E-state index in [0.29, 0.717) is 17.4 Å². The standard InChI is InChI=1S/C24H31N9O5S/c1-13(2)37-20(21-25-11-14(3)12-26-21)16(5)39(34,35)32-24-30-29-22(18-9-8-10-19(28-18)36-7)33(24)15(4)23-27-17(6)31-38-23/h8-13,15-16,20H,1-7H3,(H,30,32). The molecule has 0 aliphatic rings. The second kappa shape index (κ2) is 11.4. The van der Waals surface area contributed by atoms with E-state index in [0.717, 1.165) is 5.56 Å². The molecule has 0 bridgehead atoms. The number of rotatable bonds is 11. The summed E-state index contributed by atoms with van der Waals surface area (Å²) in [6.45, 7) is 10.4. The molecule has 1 N–H and O–H groups in total. The molecule has 0 saturated carbocycles. The highest BCUT2D eigenvalue weighted by atomic mass is 32.2. The summed E-state index contributed by atoms with van der Waals surface area (Å²) in [6, 6.07) is 4.47. The molecule has 0 aliphatic heterocycles. The zero-order valence-electron chi connectivity index (χ0n) is 22.7. The van der Waals surface area contributed by atoms with Crippen LogP contribution in [0.3, 0.4) is 0 Å². The fourth-order valence-corrected chi connectivity index (χ4v) is 4.85. The van der Waals surface area contributed by atoms with Crippen molar-refractivity contribution in [1.29, 1.82) is 0 Å². The number of hydrogen-bond acceptors (Lipinski definition) is 12. The smallest absolute Gasteiger partial charge is 0.249 e. The lowest BCUT2D eigenvalue weighted by atomic mass is 10.2. The summed E-state index contributed by atoms with van der Waals surface area (Å²) in [5.74, 6) is 1.46. The minimum atomic E-state index is -4.12. The highest BCUT2D eigenvalue weighted by Crippen LogP contribution is 2.31. The zero-order valence-corrected chi connectivity index (χ0v) is 23.5. The van der Waals surface area contributed by atoms with Crippen LogP contribution in [0.15, 0.2) is 35.1 Å². The molecule has 15 heteroatoms. The third kappa shape index (κ3) is 6.20. The second-order valence-electron chi connectivity index (χ2n) is 9.21. The van der Waals surface area contributed by atoms with Crippen LogP contribution in [0.2, 0.25) is 0 Å². The normalized spacial score (nSPS) is 14.3. The first kappa shape index (κ1) is 28.0. The minimum Gasteiger partial charge on any atom is -0.481 e. The molecule has 3 atom stereocenters. The van der Waals surface area contributed by atoms with Crippen LogP contribution in [-0.4, -0.2) is 66.7 Å². The molecule has 3 unspecified atom stereocenters. The Balaban J connectivity index is 1.75. The van der Waals surface area contributed by atoms with E-state index in [9.17, 15) is 8.42 Å². The van der Waals surface area contributed by atoms with Gasteiger partial charge in [0.2, 0.25) is 27.7 Å². The Morgan fingerprint density at radius 1 is 1.03 bits per heavy atom. The molecular weight excluding hydrogens is 526 g/mol. The molecule has 4 aromatic heterocycles. The van der Waals surface area contributed by atoms with Crippen molar-refractivity contribution in [3.8, 4) is 17.4 Å². The summed E-state index contributed by atoms with van der Waals surface area (Å²) in [6.07, 6.45) is 2.00. The molecule has 0 fully saturated rings. The Bertz CT molecular complexity index is 1520. The van der Waals surface area contributed by atoms with Crippen molar-refractivity contribution < 1.29 is 22.4 Å². The molecule has 14 nitrogen and oxygen atoms in total. The molecule has 39 heavy (non-hydrogen) atoms. The number of anilines is 1. The van der Waals surface area contributed by atoms with Crippen LogP contribution < -0.4 is 9.46 Å². The van der Waals surface area contributed by atoms with E-state index in [4.69, 9.17) is 14.0 Å². The lowest BCUT2D eigenvalue weighted by molar-refractivity contribution is 0.00152. The van der Waals surface area contributed by atoms with E-state index in [1.807, 2.05) is 20.8 Å². The molecule has 0 aliphatic carbocycles. The molecule has 4 rings (SSSR count). The van der Waals surface area contributed by atoms with Gasteiger partial charge in [-0.1, -0.05) is 11.2 Å². The van der Waals surface area contributed by atoms with Gasteiger partial charge in [-0.15, -0.1) is 10.2 Å². The van der Waals surface area contributed by atoms with E-state index < -0.39 is 27.4 Å². The molecule has 4 aromatic rings. The Hall–Kier alpha value is -3.98. The SMILES string of the molecule is COc1cccc(-c2nnc(NS(=O)(=O)C(C)C(OC(C)C)c3ncc(C)cn3)n2C(C)c2nc(C)no2)n1. The second-order valence-corrected chi connectivity index (χ2v) is 11.3. The van der Waals surface area contributed by atoms with Crippen LogP contribution in [-0.2, 0) is 14.8 Å². The fourth-order valence-electron chi connectivity index (χ4n) is 3.76. The summed E-state index contributed by atoms with van der Waals surface area (Å²) >= 11 is 0. The maximum absolute atomic E-state index is 13.7. The highest BCUT2D eigenvalue weighted by Gasteiger charge is 2.36. The van der Waals surface area contributed by atoms with Gasteiger partial charge in [-0.25, -0.2) is 23.4 Å². The number of hydrogen-bond donors (Lipinski definition) is 1. The third-order valence-electron chi connectivity index (χ3n) is 5.77. The largest absolute Gasteiger partial charge is 0.481 e. The molecule has 4 heterocycles. The number of sulfonamides is 1. The molecule has 0 amide bonds. The number of ether oxygens (including phenoxy) is 2. The number of pyridine rings is 1. The first-order valence-electron chi connectivity index (χ1n) is 12.2. The Morgan fingerprint density at radius 3 is 2.36 bits per heavy atom. The lowest BCUT2D eigenvalue weighted by Gasteiger charge is -2.25. The molecule has 0 aromatic carbocycles. The molecule has 0 saturated heterocycles. The average Bonchev–Trinajstić information content (AvgIpc) is 3.53. The van der Waals surface area contributed by atoms with Gasteiger partial charge in [0.15, 0.2) is 17.5 Å². The summed E-state index contributed by atoms with van der Waals surface area (Å²) in [7, 11) is -2.63. The topological polar surface area (TPSA) is 173 Å². The van der Waals surface area contributed by atoms with E-state index >= 15 is 0 Å². The zero-order chi connectivity index (χ0) is 28.3. The first-order valence-corrected chi connectivity index (χ1v) is 13.8. The van der Waals surface area contributed by atoms with Gasteiger partial charge in [0.25, 0.3) is 0 Å². The van der Waals surface area contributed by atoms with Gasteiger partial charge in [-0.2, -0.15) is 4.98 Å². The third-order valence-corrected chi connectivity index (χ3v) is 7.46. The van der Waals surface area contributed by atoms with Gasteiger partial charge in [-0.05, 0) is 53.2 Å². The van der Waals surface area contributed by atoms with E-state index in [1.54, 1.807) is 44.4 Å². The van der Waals surface area contributed by atoms with Gasteiger partial charge < -0.3 is 14.0 Å². The van der Waals surface area contributed by atoms with Crippen molar-refractivity contribution in [1.82, 2.24) is 39.9 Å².